The van der Waals surface area contributed by atoms with Crippen LogP contribution in [0.3, 0.4) is 0 Å². The number of hydrogen-bond acceptors (Lipinski definition) is 2. The van der Waals surface area contributed by atoms with Gasteiger partial charge in [-0.05, 0) is 30.7 Å². The third kappa shape index (κ3) is 2.57. The Morgan fingerprint density at radius 2 is 1.83 bits per heavy atom. The van der Waals surface area contributed by atoms with Crippen molar-refractivity contribution in [2.45, 2.75) is 13.0 Å². The Hall–Kier alpha value is -1.33. The van der Waals surface area contributed by atoms with Gasteiger partial charge in [-0.25, -0.2) is 8.78 Å². The normalized spacial score (nSPS) is 12.5. The first-order valence-corrected chi connectivity index (χ1v) is 6.11. The number of nitrogens with two attached hydrogens (primary N) is 1. The van der Waals surface area contributed by atoms with E-state index >= 15 is 0 Å². The summed E-state index contributed by atoms with van der Waals surface area (Å²) in [5.74, 6) is -1.34. The average molecular weight is 313 g/mol. The van der Waals surface area contributed by atoms with Crippen LogP contribution < -0.4 is 5.73 Å². The lowest BCUT2D eigenvalue weighted by Crippen LogP contribution is -2.16. The molecule has 1 aromatic heterocycles. The van der Waals surface area contributed by atoms with Gasteiger partial charge in [0.15, 0.2) is 0 Å². The van der Waals surface area contributed by atoms with Gasteiger partial charge in [-0.15, -0.1) is 0 Å². The maximum Gasteiger partial charge on any atom is 0.132 e. The first kappa shape index (κ1) is 13.1. The molecule has 2 aromatic rings. The molecule has 0 fully saturated rings. The van der Waals surface area contributed by atoms with Gasteiger partial charge >= 0.3 is 0 Å². The lowest BCUT2D eigenvalue weighted by molar-refractivity contribution is 0.542. The molecule has 0 radical (unpaired) electrons. The smallest absolute Gasteiger partial charge is 0.132 e. The van der Waals surface area contributed by atoms with E-state index < -0.39 is 17.7 Å². The van der Waals surface area contributed by atoms with Gasteiger partial charge in [0.25, 0.3) is 0 Å². The second-order valence-electron chi connectivity index (χ2n) is 3.99. The predicted octanol–water partition coefficient (Wildman–Crippen LogP) is 3.48. The van der Waals surface area contributed by atoms with E-state index in [2.05, 4.69) is 20.9 Å². The zero-order valence-corrected chi connectivity index (χ0v) is 11.2. The number of nitrogens with zero attached hydrogens (tertiary/aromatic N) is 1. The van der Waals surface area contributed by atoms with Crippen molar-refractivity contribution in [3.8, 4) is 0 Å². The molecule has 2 nitrogen and oxygen atoms in total. The lowest BCUT2D eigenvalue weighted by atomic mass is 10.00. The Kier molecular flexibility index (Phi) is 3.73. The van der Waals surface area contributed by atoms with E-state index in [-0.39, 0.29) is 5.56 Å². The molecule has 1 atom stereocenters. The van der Waals surface area contributed by atoms with Crippen molar-refractivity contribution in [3.63, 3.8) is 0 Å². The van der Waals surface area contributed by atoms with Crippen LogP contribution in [0.15, 0.2) is 34.9 Å². The molecule has 0 saturated carbocycles. The van der Waals surface area contributed by atoms with Crippen LogP contribution in [-0.2, 0) is 0 Å². The van der Waals surface area contributed by atoms with Gasteiger partial charge in [-0.3, -0.25) is 4.98 Å². The fraction of sp³-hybridized carbons (Fsp3) is 0.154. The monoisotopic (exact) mass is 312 g/mol. The van der Waals surface area contributed by atoms with Gasteiger partial charge in [0.2, 0.25) is 0 Å². The molecule has 0 aliphatic carbocycles. The van der Waals surface area contributed by atoms with Gasteiger partial charge in [-0.2, -0.15) is 0 Å². The van der Waals surface area contributed by atoms with Crippen molar-refractivity contribution in [1.29, 1.82) is 0 Å². The van der Waals surface area contributed by atoms with E-state index in [9.17, 15) is 8.78 Å². The molecule has 0 saturated heterocycles. The summed E-state index contributed by atoms with van der Waals surface area (Å²) in [6.07, 6.45) is 1.53. The van der Waals surface area contributed by atoms with Crippen LogP contribution in [0.5, 0.6) is 0 Å². The summed E-state index contributed by atoms with van der Waals surface area (Å²) in [6.45, 7) is 1.83. The third-order valence-corrected chi connectivity index (χ3v) is 3.11. The molecular weight excluding hydrogens is 302 g/mol. The number of aryl methyl sites for hydroxylation is 1. The Morgan fingerprint density at radius 3 is 2.33 bits per heavy atom. The van der Waals surface area contributed by atoms with Crippen LogP contribution in [-0.4, -0.2) is 4.98 Å². The highest BCUT2D eigenvalue weighted by atomic mass is 79.9. The number of benzene rings is 1. The fourth-order valence-electron chi connectivity index (χ4n) is 1.68. The van der Waals surface area contributed by atoms with Gasteiger partial charge in [-0.1, -0.05) is 22.0 Å². The summed E-state index contributed by atoms with van der Waals surface area (Å²) < 4.78 is 27.9. The number of aromatic nitrogens is 1. The molecule has 0 amide bonds. The van der Waals surface area contributed by atoms with Crippen LogP contribution in [0.1, 0.15) is 22.9 Å². The maximum absolute atomic E-state index is 13.8. The molecular formula is C13H11BrF2N2. The number of rotatable bonds is 2. The second kappa shape index (κ2) is 5.12. The molecule has 0 aliphatic rings. The Bertz CT molecular complexity index is 547. The molecule has 2 rings (SSSR count). The number of halogens is 3. The van der Waals surface area contributed by atoms with E-state index in [0.717, 1.165) is 5.69 Å². The molecule has 2 N–H and O–H groups in total. The highest BCUT2D eigenvalue weighted by Gasteiger charge is 2.19. The van der Waals surface area contributed by atoms with Gasteiger partial charge in [0.1, 0.15) is 11.6 Å². The maximum atomic E-state index is 13.8. The predicted molar refractivity (Wildman–Crippen MR) is 69.1 cm³/mol. The van der Waals surface area contributed by atoms with Gasteiger partial charge in [0, 0.05) is 21.9 Å². The summed E-state index contributed by atoms with van der Waals surface area (Å²) in [4.78, 5) is 4.07. The minimum absolute atomic E-state index is 0.149. The Morgan fingerprint density at radius 1 is 1.22 bits per heavy atom. The van der Waals surface area contributed by atoms with E-state index in [1.165, 1.54) is 18.3 Å². The van der Waals surface area contributed by atoms with E-state index in [1.807, 2.05) is 6.92 Å². The summed E-state index contributed by atoms with van der Waals surface area (Å²) in [7, 11) is 0. The Balaban J connectivity index is 2.46. The molecule has 0 aliphatic heterocycles. The quantitative estimate of drug-likeness (QED) is 0.922. The zero-order chi connectivity index (χ0) is 13.3. The summed E-state index contributed by atoms with van der Waals surface area (Å²) >= 11 is 3.03. The zero-order valence-electron chi connectivity index (χ0n) is 9.62. The minimum atomic E-state index is -0.869. The first-order valence-electron chi connectivity index (χ1n) is 5.31. The Labute approximate surface area is 112 Å². The molecule has 1 heterocycles. The summed E-state index contributed by atoms with van der Waals surface area (Å²) in [5.41, 5.74) is 7.13. The van der Waals surface area contributed by atoms with Crippen LogP contribution in [0.4, 0.5) is 8.78 Å². The number of hydrogen-bond donors (Lipinski definition) is 1. The lowest BCUT2D eigenvalue weighted by Gasteiger charge is -2.14. The van der Waals surface area contributed by atoms with Crippen LogP contribution >= 0.6 is 15.9 Å². The first-order chi connectivity index (χ1) is 8.49. The fourth-order valence-corrected chi connectivity index (χ4v) is 2.08. The van der Waals surface area contributed by atoms with E-state index in [4.69, 9.17) is 5.73 Å². The van der Waals surface area contributed by atoms with Crippen LogP contribution in [0.2, 0.25) is 0 Å². The van der Waals surface area contributed by atoms with Crippen molar-refractivity contribution in [2.24, 2.45) is 5.73 Å². The van der Waals surface area contributed by atoms with Crippen molar-refractivity contribution < 1.29 is 8.78 Å². The topological polar surface area (TPSA) is 38.9 Å². The SMILES string of the molecule is Cc1ccc(C(N)c2c(F)cc(Br)cc2F)cn1. The molecule has 1 unspecified atom stereocenters. The summed E-state index contributed by atoms with van der Waals surface area (Å²) in [5, 5.41) is 0. The molecule has 18 heavy (non-hydrogen) atoms. The summed E-state index contributed by atoms with van der Waals surface area (Å²) in [6, 6.07) is 4.99. The van der Waals surface area contributed by atoms with Crippen LogP contribution in [0, 0.1) is 18.6 Å². The van der Waals surface area contributed by atoms with E-state index in [0.29, 0.717) is 10.0 Å². The highest BCUT2D eigenvalue weighted by molar-refractivity contribution is 9.10. The second-order valence-corrected chi connectivity index (χ2v) is 4.91. The molecule has 1 aromatic carbocycles. The molecule has 0 bridgehead atoms. The molecule has 5 heteroatoms. The van der Waals surface area contributed by atoms with Crippen molar-refractivity contribution in [1.82, 2.24) is 4.98 Å². The highest BCUT2D eigenvalue weighted by Crippen LogP contribution is 2.27. The van der Waals surface area contributed by atoms with E-state index in [1.54, 1.807) is 12.1 Å². The molecule has 0 spiro atoms. The largest absolute Gasteiger partial charge is 0.320 e. The van der Waals surface area contributed by atoms with Gasteiger partial charge in [0.05, 0.1) is 6.04 Å². The van der Waals surface area contributed by atoms with Crippen molar-refractivity contribution >= 4 is 15.9 Å². The van der Waals surface area contributed by atoms with Crippen LogP contribution in [0.25, 0.3) is 0 Å². The molecule has 94 valence electrons. The van der Waals surface area contributed by atoms with Crippen molar-refractivity contribution in [3.05, 3.63) is 63.4 Å². The average Bonchev–Trinajstić information content (AvgIpc) is 2.28. The van der Waals surface area contributed by atoms with Crippen molar-refractivity contribution in [2.75, 3.05) is 0 Å². The standard InChI is InChI=1S/C13H11BrF2N2/c1-7-2-3-8(6-18-7)13(17)12-10(15)4-9(14)5-11(12)16/h2-6,13H,17H2,1H3. The third-order valence-electron chi connectivity index (χ3n) is 2.65. The minimum Gasteiger partial charge on any atom is -0.320 e. The van der Waals surface area contributed by atoms with Gasteiger partial charge < -0.3 is 5.73 Å². The number of pyridine rings is 1.